The number of rotatable bonds is 3. The van der Waals surface area contributed by atoms with Gasteiger partial charge in [-0.3, -0.25) is 4.79 Å². The third kappa shape index (κ3) is 5.18. The lowest BCUT2D eigenvalue weighted by molar-refractivity contribution is -0.127. The molecule has 2 aliphatic rings. The van der Waals surface area contributed by atoms with Crippen molar-refractivity contribution < 1.29 is 14.3 Å². The first-order chi connectivity index (χ1) is 13.7. The second-order valence-corrected chi connectivity index (χ2v) is 7.72. The molecule has 1 heterocycles. The van der Waals surface area contributed by atoms with Gasteiger partial charge < -0.3 is 20.3 Å². The lowest BCUT2D eigenvalue weighted by Gasteiger charge is -2.39. The molecule has 2 atom stereocenters. The number of urea groups is 1. The molecule has 0 radical (unpaired) electrons. The van der Waals surface area contributed by atoms with Crippen molar-refractivity contribution in [2.24, 2.45) is 5.92 Å². The highest BCUT2D eigenvalue weighted by Gasteiger charge is 2.37. The summed E-state index contributed by atoms with van der Waals surface area (Å²) in [6, 6.07) is 7.35. The van der Waals surface area contributed by atoms with E-state index in [0.29, 0.717) is 24.6 Å². The van der Waals surface area contributed by atoms with Crippen LogP contribution in [0.1, 0.15) is 58.3 Å². The average molecular weight is 388 g/mol. The number of para-hydroxylation sites is 2. The molecule has 0 aromatic heterocycles. The number of hydrogen-bond acceptors (Lipinski definition) is 3. The third-order valence-corrected chi connectivity index (χ3v) is 5.78. The molecule has 154 valence electrons. The molecular formula is C22H33N3O3. The van der Waals surface area contributed by atoms with Crippen LogP contribution in [-0.2, 0) is 4.79 Å². The number of nitrogens with one attached hydrogen (secondary N) is 2. The molecule has 0 bridgehead atoms. The highest BCUT2D eigenvalue weighted by molar-refractivity contribution is 5.92. The van der Waals surface area contributed by atoms with Gasteiger partial charge in [-0.2, -0.15) is 0 Å². The number of nitrogens with zero attached hydrogens (tertiary/aromatic N) is 1. The van der Waals surface area contributed by atoms with Crippen LogP contribution < -0.4 is 15.4 Å². The fourth-order valence-corrected chi connectivity index (χ4v) is 4.35. The van der Waals surface area contributed by atoms with Gasteiger partial charge in [0.1, 0.15) is 5.75 Å². The van der Waals surface area contributed by atoms with E-state index < -0.39 is 0 Å². The molecule has 2 fully saturated rings. The van der Waals surface area contributed by atoms with Crippen LogP contribution in [0.15, 0.2) is 24.3 Å². The molecule has 1 aliphatic heterocycles. The Morgan fingerprint density at radius 3 is 2.79 bits per heavy atom. The number of carbonyl (C=O) groups excluding carboxylic acids is 2. The van der Waals surface area contributed by atoms with Crippen LogP contribution in [0.25, 0.3) is 0 Å². The summed E-state index contributed by atoms with van der Waals surface area (Å²) in [5.41, 5.74) is 0.681. The highest BCUT2D eigenvalue weighted by atomic mass is 16.5. The van der Waals surface area contributed by atoms with Crippen LogP contribution in [0.4, 0.5) is 10.5 Å². The molecule has 0 unspecified atom stereocenters. The molecule has 1 aromatic rings. The molecular weight excluding hydrogens is 354 g/mol. The predicted octanol–water partition coefficient (Wildman–Crippen LogP) is 4.17. The Hall–Kier alpha value is -2.24. The Balaban J connectivity index is 1.80. The van der Waals surface area contributed by atoms with E-state index in [2.05, 4.69) is 10.6 Å². The van der Waals surface area contributed by atoms with Crippen molar-refractivity contribution in [1.29, 1.82) is 0 Å². The molecule has 0 spiro atoms. The van der Waals surface area contributed by atoms with Gasteiger partial charge in [0, 0.05) is 19.1 Å². The largest absolute Gasteiger partial charge is 0.492 e. The van der Waals surface area contributed by atoms with E-state index in [1.54, 1.807) is 0 Å². The molecule has 3 amide bonds. The first kappa shape index (κ1) is 20.5. The van der Waals surface area contributed by atoms with Gasteiger partial charge in [-0.15, -0.1) is 0 Å². The van der Waals surface area contributed by atoms with E-state index in [1.165, 1.54) is 0 Å². The Bertz CT molecular complexity index is 664. The van der Waals surface area contributed by atoms with E-state index in [9.17, 15) is 9.59 Å². The monoisotopic (exact) mass is 387 g/mol. The lowest BCUT2D eigenvalue weighted by atomic mass is 9.82. The smallest absolute Gasteiger partial charge is 0.322 e. The van der Waals surface area contributed by atoms with Crippen molar-refractivity contribution in [1.82, 2.24) is 10.2 Å². The maximum Gasteiger partial charge on any atom is 0.322 e. The molecule has 2 N–H and O–H groups in total. The first-order valence-corrected chi connectivity index (χ1v) is 10.8. The maximum absolute atomic E-state index is 13.3. The zero-order chi connectivity index (χ0) is 19.8. The summed E-state index contributed by atoms with van der Waals surface area (Å²) in [4.78, 5) is 27.9. The van der Waals surface area contributed by atoms with Crippen LogP contribution in [0, 0.1) is 5.92 Å². The number of amides is 3. The summed E-state index contributed by atoms with van der Waals surface area (Å²) >= 11 is 0. The SMILES string of the molecule is CCOc1ccccc1NC(=O)N1CCCCCCNC(=O)[C@@H]2CCCC[C@@H]21. The van der Waals surface area contributed by atoms with Crippen LogP contribution >= 0.6 is 0 Å². The zero-order valence-corrected chi connectivity index (χ0v) is 16.9. The van der Waals surface area contributed by atoms with Crippen molar-refractivity contribution in [2.45, 2.75) is 64.3 Å². The summed E-state index contributed by atoms with van der Waals surface area (Å²) in [7, 11) is 0. The Morgan fingerprint density at radius 1 is 1.14 bits per heavy atom. The number of benzene rings is 1. The number of fused-ring (bicyclic) bond motifs is 1. The minimum absolute atomic E-state index is 0.0360. The van der Waals surface area contributed by atoms with Crippen molar-refractivity contribution in [2.75, 3.05) is 25.0 Å². The Morgan fingerprint density at radius 2 is 1.93 bits per heavy atom. The summed E-state index contributed by atoms with van der Waals surface area (Å²) in [6.45, 7) is 3.91. The van der Waals surface area contributed by atoms with Gasteiger partial charge in [-0.1, -0.05) is 37.8 Å². The number of anilines is 1. The van der Waals surface area contributed by atoms with E-state index in [1.807, 2.05) is 36.1 Å². The number of ether oxygens (including phenoxy) is 1. The number of hydrogen-bond donors (Lipinski definition) is 2. The van der Waals surface area contributed by atoms with Gasteiger partial charge in [-0.25, -0.2) is 4.79 Å². The summed E-state index contributed by atoms with van der Waals surface area (Å²) < 4.78 is 5.65. The lowest BCUT2D eigenvalue weighted by Crippen LogP contribution is -2.52. The van der Waals surface area contributed by atoms with Gasteiger partial charge in [0.05, 0.1) is 18.2 Å². The zero-order valence-electron chi connectivity index (χ0n) is 16.9. The summed E-state index contributed by atoms with van der Waals surface area (Å²) in [5, 5.41) is 6.14. The fourth-order valence-electron chi connectivity index (χ4n) is 4.35. The van der Waals surface area contributed by atoms with E-state index >= 15 is 0 Å². The van der Waals surface area contributed by atoms with Crippen LogP contribution in [-0.4, -0.2) is 42.6 Å². The Kier molecular flexibility index (Phi) is 7.57. The molecule has 6 nitrogen and oxygen atoms in total. The van der Waals surface area contributed by atoms with E-state index in [-0.39, 0.29) is 23.9 Å². The minimum Gasteiger partial charge on any atom is -0.492 e. The summed E-state index contributed by atoms with van der Waals surface area (Å²) in [5.74, 6) is 0.674. The van der Waals surface area contributed by atoms with Crippen LogP contribution in [0.5, 0.6) is 5.75 Å². The fraction of sp³-hybridized carbons (Fsp3) is 0.636. The van der Waals surface area contributed by atoms with Gasteiger partial charge in [0.15, 0.2) is 0 Å². The standard InChI is InChI=1S/C22H33N3O3/c1-2-28-20-14-8-6-12-18(20)24-22(27)25-16-10-4-3-9-15-23-21(26)17-11-5-7-13-19(17)25/h6,8,12,14,17,19H,2-5,7,9-11,13,15-16H2,1H3,(H,23,26)(H,24,27)/t17-,19+/m1/s1. The topological polar surface area (TPSA) is 70.7 Å². The molecule has 6 heteroatoms. The second kappa shape index (κ2) is 10.3. The van der Waals surface area contributed by atoms with Gasteiger partial charge in [0.25, 0.3) is 0 Å². The average Bonchev–Trinajstić information content (AvgIpc) is 2.74. The third-order valence-electron chi connectivity index (χ3n) is 5.78. The van der Waals surface area contributed by atoms with Gasteiger partial charge >= 0.3 is 6.03 Å². The normalized spacial score (nSPS) is 23.8. The van der Waals surface area contributed by atoms with Crippen LogP contribution in [0.2, 0.25) is 0 Å². The van der Waals surface area contributed by atoms with Crippen LogP contribution in [0.3, 0.4) is 0 Å². The molecule has 1 saturated carbocycles. The van der Waals surface area contributed by atoms with E-state index in [4.69, 9.17) is 4.74 Å². The van der Waals surface area contributed by atoms with Crippen molar-refractivity contribution in [3.8, 4) is 5.75 Å². The molecule has 1 saturated heterocycles. The summed E-state index contributed by atoms with van der Waals surface area (Å²) in [6.07, 6.45) is 8.00. The van der Waals surface area contributed by atoms with Gasteiger partial charge in [0.2, 0.25) is 5.91 Å². The van der Waals surface area contributed by atoms with Gasteiger partial charge in [-0.05, 0) is 44.7 Å². The highest BCUT2D eigenvalue weighted by Crippen LogP contribution is 2.31. The van der Waals surface area contributed by atoms with E-state index in [0.717, 1.165) is 57.9 Å². The maximum atomic E-state index is 13.3. The number of carbonyl (C=O) groups is 2. The molecule has 1 aliphatic carbocycles. The molecule has 1 aromatic carbocycles. The van der Waals surface area contributed by atoms with Crippen molar-refractivity contribution >= 4 is 17.6 Å². The first-order valence-electron chi connectivity index (χ1n) is 10.8. The minimum atomic E-state index is -0.129. The van der Waals surface area contributed by atoms with Crippen molar-refractivity contribution in [3.05, 3.63) is 24.3 Å². The molecule has 28 heavy (non-hydrogen) atoms. The molecule has 3 rings (SSSR count). The quantitative estimate of drug-likeness (QED) is 0.818. The predicted molar refractivity (Wildman–Crippen MR) is 111 cm³/mol. The Labute approximate surface area is 168 Å². The second-order valence-electron chi connectivity index (χ2n) is 7.72. The van der Waals surface area contributed by atoms with Crippen molar-refractivity contribution in [3.63, 3.8) is 0 Å².